The number of nitrogens with zero attached hydrogens (tertiary/aromatic N) is 1. The first kappa shape index (κ1) is 26.1. The first-order chi connectivity index (χ1) is 17.9. The number of fused-ring (bicyclic) bond motifs is 1. The minimum atomic E-state index is -0.935. The van der Waals surface area contributed by atoms with Gasteiger partial charge in [-0.2, -0.15) is 5.10 Å². The maximum absolute atomic E-state index is 12.5. The average molecular weight is 520 g/mol. The van der Waals surface area contributed by atoms with Crippen molar-refractivity contribution in [3.05, 3.63) is 81.2 Å². The highest BCUT2D eigenvalue weighted by Crippen LogP contribution is 2.38. The molecular formula is C28H29N3O5S. The second kappa shape index (κ2) is 12.3. The van der Waals surface area contributed by atoms with Crippen LogP contribution in [0.15, 0.2) is 53.6 Å². The third-order valence-corrected chi connectivity index (χ3v) is 7.04. The molecule has 0 aliphatic heterocycles. The van der Waals surface area contributed by atoms with Gasteiger partial charge in [0.1, 0.15) is 17.4 Å². The molecule has 0 unspecified atom stereocenters. The predicted octanol–water partition coefficient (Wildman–Crippen LogP) is 4.78. The third kappa shape index (κ3) is 6.83. The summed E-state index contributed by atoms with van der Waals surface area (Å²) in [6.45, 7) is 4.46. The van der Waals surface area contributed by atoms with Gasteiger partial charge in [-0.1, -0.05) is 29.8 Å². The van der Waals surface area contributed by atoms with Gasteiger partial charge in [0.15, 0.2) is 0 Å². The van der Waals surface area contributed by atoms with Crippen LogP contribution in [0.4, 0.5) is 5.00 Å². The van der Waals surface area contributed by atoms with Crippen LogP contribution in [0, 0.1) is 6.92 Å². The Bertz CT molecular complexity index is 1310. The molecule has 0 fully saturated rings. The molecule has 0 atom stereocenters. The van der Waals surface area contributed by atoms with E-state index in [1.54, 1.807) is 31.2 Å². The monoisotopic (exact) mass is 519 g/mol. The summed E-state index contributed by atoms with van der Waals surface area (Å²) in [5, 5.41) is 6.79. The molecule has 0 spiro atoms. The number of hydrogen-bond donors (Lipinski definition) is 2. The Morgan fingerprint density at radius 1 is 1.05 bits per heavy atom. The molecule has 37 heavy (non-hydrogen) atoms. The minimum absolute atomic E-state index is 0.228. The molecule has 9 heteroatoms. The lowest BCUT2D eigenvalue weighted by Gasteiger charge is -2.12. The van der Waals surface area contributed by atoms with Crippen LogP contribution < -0.4 is 15.5 Å². The maximum atomic E-state index is 12.5. The molecule has 3 aromatic rings. The number of thiophene rings is 1. The van der Waals surface area contributed by atoms with Gasteiger partial charge in [-0.05, 0) is 80.5 Å². The molecule has 2 N–H and O–H groups in total. The Kier molecular flexibility index (Phi) is 8.68. The van der Waals surface area contributed by atoms with Crippen LogP contribution in [0.3, 0.4) is 0 Å². The van der Waals surface area contributed by atoms with Gasteiger partial charge in [-0.3, -0.25) is 9.59 Å². The Balaban J connectivity index is 1.32. The number of nitrogens with one attached hydrogen (secondary N) is 2. The fourth-order valence-corrected chi connectivity index (χ4v) is 5.34. The van der Waals surface area contributed by atoms with E-state index >= 15 is 0 Å². The van der Waals surface area contributed by atoms with Crippen LogP contribution in [-0.4, -0.2) is 30.6 Å². The molecule has 0 bridgehead atoms. The molecule has 8 nitrogen and oxygen atoms in total. The number of anilines is 1. The summed E-state index contributed by atoms with van der Waals surface area (Å²) < 4.78 is 11.0. The number of hydrogen-bond acceptors (Lipinski definition) is 7. The van der Waals surface area contributed by atoms with Crippen LogP contribution in [0.5, 0.6) is 5.75 Å². The zero-order valence-corrected chi connectivity index (χ0v) is 21.7. The van der Waals surface area contributed by atoms with Gasteiger partial charge in [-0.15, -0.1) is 11.3 Å². The molecule has 0 radical (unpaired) electrons. The van der Waals surface area contributed by atoms with Crippen molar-refractivity contribution < 1.29 is 23.9 Å². The molecule has 1 heterocycles. The topological polar surface area (TPSA) is 106 Å². The smallest absolute Gasteiger partial charge is 0.341 e. The van der Waals surface area contributed by atoms with E-state index < -0.39 is 17.8 Å². The van der Waals surface area contributed by atoms with Gasteiger partial charge in [0.25, 0.3) is 0 Å². The third-order valence-electron chi connectivity index (χ3n) is 5.83. The molecule has 1 aliphatic rings. The average Bonchev–Trinajstić information content (AvgIpc) is 3.26. The molecule has 0 saturated heterocycles. The molecule has 4 rings (SSSR count). The zero-order valence-electron chi connectivity index (χ0n) is 20.8. The summed E-state index contributed by atoms with van der Waals surface area (Å²) in [5.41, 5.74) is 6.48. The van der Waals surface area contributed by atoms with Crippen LogP contribution in [0.2, 0.25) is 0 Å². The Hall–Kier alpha value is -3.98. The van der Waals surface area contributed by atoms with Crippen LogP contribution in [0.1, 0.15) is 57.3 Å². The van der Waals surface area contributed by atoms with Gasteiger partial charge < -0.3 is 14.8 Å². The summed E-state index contributed by atoms with van der Waals surface area (Å²) in [4.78, 5) is 38.4. The lowest BCUT2D eigenvalue weighted by Crippen LogP contribution is -2.32. The van der Waals surface area contributed by atoms with E-state index in [1.165, 1.54) is 23.1 Å². The summed E-state index contributed by atoms with van der Waals surface area (Å²) in [6, 6.07) is 15.3. The van der Waals surface area contributed by atoms with Gasteiger partial charge in [-0.25, -0.2) is 10.2 Å². The fraction of sp³-hybridized carbons (Fsp3) is 0.286. The largest absolute Gasteiger partial charge is 0.489 e. The molecule has 2 aromatic carbocycles. The standard InChI is InChI=1S/C28H29N3O5S/c1-3-35-28(34)24-22-9-4-5-10-23(22)37-27(24)30-25(32)26(33)31-29-16-19-11-13-21(14-12-19)36-17-20-8-6-7-18(2)15-20/h6-8,11-16H,3-5,9-10,17H2,1-2H3,(H,30,32)(H,31,33)/b29-16+. The molecule has 2 amide bonds. The van der Waals surface area contributed by atoms with Crippen molar-refractivity contribution in [3.8, 4) is 5.75 Å². The van der Waals surface area contributed by atoms with E-state index in [4.69, 9.17) is 9.47 Å². The summed E-state index contributed by atoms with van der Waals surface area (Å²) in [6.07, 6.45) is 5.02. The lowest BCUT2D eigenvalue weighted by molar-refractivity contribution is -0.136. The van der Waals surface area contributed by atoms with Crippen LogP contribution in [0.25, 0.3) is 0 Å². The normalized spacial score (nSPS) is 12.6. The highest BCUT2D eigenvalue weighted by molar-refractivity contribution is 7.17. The fourth-order valence-electron chi connectivity index (χ4n) is 4.07. The second-order valence-corrected chi connectivity index (χ2v) is 9.74. The van der Waals surface area contributed by atoms with Crippen LogP contribution >= 0.6 is 11.3 Å². The number of rotatable bonds is 8. The number of ether oxygens (including phenoxy) is 2. The first-order valence-electron chi connectivity index (χ1n) is 12.2. The van der Waals surface area contributed by atoms with Crippen molar-refractivity contribution in [2.45, 2.75) is 46.1 Å². The maximum Gasteiger partial charge on any atom is 0.341 e. The summed E-state index contributed by atoms with van der Waals surface area (Å²) in [7, 11) is 0. The SMILES string of the molecule is CCOC(=O)c1c(NC(=O)C(=O)N/N=C/c2ccc(OCc3cccc(C)c3)cc2)sc2c1CCCC2. The zero-order chi connectivity index (χ0) is 26.2. The van der Waals surface area contributed by atoms with E-state index in [0.717, 1.165) is 47.3 Å². The number of amides is 2. The highest BCUT2D eigenvalue weighted by Gasteiger charge is 2.28. The van der Waals surface area contributed by atoms with Crippen molar-refractivity contribution in [2.75, 3.05) is 11.9 Å². The summed E-state index contributed by atoms with van der Waals surface area (Å²) in [5.74, 6) is -1.61. The van der Waals surface area contributed by atoms with Crippen molar-refractivity contribution >= 4 is 40.3 Å². The minimum Gasteiger partial charge on any atom is -0.489 e. The van der Waals surface area contributed by atoms with Gasteiger partial charge in [0.2, 0.25) is 0 Å². The number of carbonyl (C=O) groups excluding carboxylic acids is 3. The molecular weight excluding hydrogens is 490 g/mol. The Labute approximate surface area is 219 Å². The van der Waals surface area contributed by atoms with E-state index in [0.29, 0.717) is 22.9 Å². The van der Waals surface area contributed by atoms with Crippen molar-refractivity contribution in [1.82, 2.24) is 5.43 Å². The van der Waals surface area contributed by atoms with Crippen LogP contribution in [-0.2, 0) is 33.8 Å². The Morgan fingerprint density at radius 3 is 2.59 bits per heavy atom. The lowest BCUT2D eigenvalue weighted by atomic mass is 9.95. The number of benzene rings is 2. The molecule has 1 aliphatic carbocycles. The number of esters is 1. The number of hydrazone groups is 1. The van der Waals surface area contributed by atoms with E-state index in [1.807, 2.05) is 25.1 Å². The van der Waals surface area contributed by atoms with Crippen molar-refractivity contribution in [3.63, 3.8) is 0 Å². The first-order valence-corrected chi connectivity index (χ1v) is 13.0. The second-order valence-electron chi connectivity index (χ2n) is 8.64. The van der Waals surface area contributed by atoms with E-state index in [-0.39, 0.29) is 6.61 Å². The van der Waals surface area contributed by atoms with E-state index in [2.05, 4.69) is 21.9 Å². The van der Waals surface area contributed by atoms with Crippen molar-refractivity contribution in [2.24, 2.45) is 5.10 Å². The highest BCUT2D eigenvalue weighted by atomic mass is 32.1. The number of aryl methyl sites for hydroxylation is 2. The van der Waals surface area contributed by atoms with Crippen molar-refractivity contribution in [1.29, 1.82) is 0 Å². The van der Waals surface area contributed by atoms with Gasteiger partial charge in [0, 0.05) is 4.88 Å². The molecule has 192 valence electrons. The van der Waals surface area contributed by atoms with Gasteiger partial charge in [0.05, 0.1) is 18.4 Å². The predicted molar refractivity (Wildman–Crippen MR) is 143 cm³/mol. The molecule has 0 saturated carbocycles. The Morgan fingerprint density at radius 2 is 1.84 bits per heavy atom. The summed E-state index contributed by atoms with van der Waals surface area (Å²) >= 11 is 1.32. The quantitative estimate of drug-likeness (QED) is 0.193. The van der Waals surface area contributed by atoms with Gasteiger partial charge >= 0.3 is 17.8 Å². The number of carbonyl (C=O) groups is 3. The molecule has 1 aromatic heterocycles. The van der Waals surface area contributed by atoms with E-state index in [9.17, 15) is 14.4 Å².